The fraction of sp³-hybridized carbons (Fsp3) is 0.188. The number of hydrogen-bond acceptors (Lipinski definition) is 3. The Morgan fingerprint density at radius 3 is 2.75 bits per heavy atom. The monoisotopic (exact) mass is 266 g/mol. The van der Waals surface area contributed by atoms with Crippen molar-refractivity contribution in [2.75, 3.05) is 4.90 Å². The van der Waals surface area contributed by atoms with Gasteiger partial charge in [0.2, 0.25) is 0 Å². The van der Waals surface area contributed by atoms with Gasteiger partial charge in [0.15, 0.2) is 6.23 Å². The molecule has 0 saturated carbocycles. The highest BCUT2D eigenvalue weighted by Gasteiger charge is 2.39. The number of fused-ring (bicyclic) bond motifs is 5. The van der Waals surface area contributed by atoms with E-state index in [9.17, 15) is 4.79 Å². The van der Waals surface area contributed by atoms with Crippen molar-refractivity contribution in [3.05, 3.63) is 59.7 Å². The molecule has 2 unspecified atom stereocenters. The minimum Gasteiger partial charge on any atom is -0.470 e. The Kier molecular flexibility index (Phi) is 2.27. The third-order valence-electron chi connectivity index (χ3n) is 3.88. The highest BCUT2D eigenvalue weighted by atomic mass is 16.5. The zero-order chi connectivity index (χ0) is 13.7. The van der Waals surface area contributed by atoms with E-state index in [0.29, 0.717) is 5.56 Å². The van der Waals surface area contributed by atoms with Crippen LogP contribution in [0.3, 0.4) is 0 Å². The molecule has 2 aliphatic rings. The molecule has 0 radical (unpaired) electrons. The molecule has 1 amide bonds. The quantitative estimate of drug-likeness (QED) is 0.797. The van der Waals surface area contributed by atoms with E-state index in [1.165, 1.54) is 0 Å². The van der Waals surface area contributed by atoms with E-state index in [4.69, 9.17) is 4.74 Å². The van der Waals surface area contributed by atoms with Gasteiger partial charge in [0.25, 0.3) is 5.91 Å². The van der Waals surface area contributed by atoms with Gasteiger partial charge in [-0.3, -0.25) is 4.79 Å². The van der Waals surface area contributed by atoms with Crippen molar-refractivity contribution in [2.24, 2.45) is 0 Å². The summed E-state index contributed by atoms with van der Waals surface area (Å²) in [6.45, 7) is 2.00. The lowest BCUT2D eigenvalue weighted by Crippen LogP contribution is -2.54. The van der Waals surface area contributed by atoms with Crippen molar-refractivity contribution in [2.45, 2.75) is 19.3 Å². The number of amides is 1. The topological polar surface area (TPSA) is 41.6 Å². The summed E-state index contributed by atoms with van der Waals surface area (Å²) in [6.07, 6.45) is -0.297. The van der Waals surface area contributed by atoms with Gasteiger partial charge in [0, 0.05) is 5.56 Å². The van der Waals surface area contributed by atoms with Crippen LogP contribution in [0.1, 0.15) is 29.0 Å². The van der Waals surface area contributed by atoms with Crippen molar-refractivity contribution in [1.82, 2.24) is 5.32 Å². The van der Waals surface area contributed by atoms with E-state index < -0.39 is 0 Å². The van der Waals surface area contributed by atoms with Crippen LogP contribution in [0.2, 0.25) is 0 Å². The van der Waals surface area contributed by atoms with Crippen molar-refractivity contribution < 1.29 is 9.53 Å². The summed E-state index contributed by atoms with van der Waals surface area (Å²) < 4.78 is 5.97. The first kappa shape index (κ1) is 11.3. The van der Waals surface area contributed by atoms with Crippen LogP contribution in [-0.4, -0.2) is 12.1 Å². The van der Waals surface area contributed by atoms with Gasteiger partial charge in [0.1, 0.15) is 11.9 Å². The summed E-state index contributed by atoms with van der Waals surface area (Å²) in [5.41, 5.74) is 2.61. The van der Waals surface area contributed by atoms with Crippen LogP contribution in [0.15, 0.2) is 48.5 Å². The van der Waals surface area contributed by atoms with Crippen molar-refractivity contribution >= 4 is 11.6 Å². The molecule has 2 aromatic carbocycles. The Bertz CT molecular complexity index is 698. The first-order valence-electron chi connectivity index (χ1n) is 6.69. The number of carbonyl (C=O) groups excluding carboxylic acids is 1. The second-order valence-corrected chi connectivity index (χ2v) is 5.06. The van der Waals surface area contributed by atoms with E-state index in [-0.39, 0.29) is 18.3 Å². The van der Waals surface area contributed by atoms with E-state index in [2.05, 4.69) is 10.2 Å². The van der Waals surface area contributed by atoms with Crippen molar-refractivity contribution in [3.63, 3.8) is 0 Å². The summed E-state index contributed by atoms with van der Waals surface area (Å²) in [6, 6.07) is 15.5. The van der Waals surface area contributed by atoms with Crippen LogP contribution in [0.4, 0.5) is 5.69 Å². The van der Waals surface area contributed by atoms with Crippen LogP contribution in [0, 0.1) is 0 Å². The van der Waals surface area contributed by atoms with Gasteiger partial charge in [-0.25, -0.2) is 0 Å². The average Bonchev–Trinajstić information content (AvgIpc) is 2.47. The minimum absolute atomic E-state index is 0.0363. The Morgan fingerprint density at radius 2 is 1.85 bits per heavy atom. The molecule has 4 rings (SSSR count). The molecule has 2 atom stereocenters. The number of rotatable bonds is 0. The smallest absolute Gasteiger partial charge is 0.255 e. The number of nitrogens with zero attached hydrogens (tertiary/aromatic N) is 1. The third-order valence-corrected chi connectivity index (χ3v) is 3.88. The van der Waals surface area contributed by atoms with Gasteiger partial charge in [-0.1, -0.05) is 30.3 Å². The lowest BCUT2D eigenvalue weighted by Gasteiger charge is -2.46. The number of carbonyl (C=O) groups is 1. The van der Waals surface area contributed by atoms with E-state index >= 15 is 0 Å². The minimum atomic E-state index is -0.169. The maximum Gasteiger partial charge on any atom is 0.255 e. The average molecular weight is 266 g/mol. The second-order valence-electron chi connectivity index (χ2n) is 5.06. The number of anilines is 1. The highest BCUT2D eigenvalue weighted by molar-refractivity contribution is 6.02. The van der Waals surface area contributed by atoms with E-state index in [0.717, 1.165) is 17.0 Å². The van der Waals surface area contributed by atoms with Crippen LogP contribution in [0.25, 0.3) is 0 Å². The molecule has 0 spiro atoms. The van der Waals surface area contributed by atoms with E-state index in [1.54, 1.807) is 0 Å². The van der Waals surface area contributed by atoms with Crippen LogP contribution >= 0.6 is 0 Å². The summed E-state index contributed by atoms with van der Waals surface area (Å²) in [5, 5.41) is 3.07. The summed E-state index contributed by atoms with van der Waals surface area (Å²) in [5.74, 6) is 0.798. The van der Waals surface area contributed by atoms with Crippen LogP contribution in [-0.2, 0) is 0 Å². The molecule has 4 heteroatoms. The second kappa shape index (κ2) is 4.00. The normalized spacial score (nSPS) is 23.1. The van der Waals surface area contributed by atoms with Crippen LogP contribution in [0.5, 0.6) is 5.75 Å². The Morgan fingerprint density at radius 1 is 1.10 bits per heavy atom. The first-order valence-corrected chi connectivity index (χ1v) is 6.69. The molecule has 1 N–H and O–H groups in total. The lowest BCUT2D eigenvalue weighted by atomic mass is 10.0. The molecule has 0 bridgehead atoms. The molecule has 0 aromatic heterocycles. The van der Waals surface area contributed by atoms with Gasteiger partial charge in [0.05, 0.1) is 11.3 Å². The zero-order valence-electron chi connectivity index (χ0n) is 11.0. The molecule has 0 fully saturated rings. The first-order chi connectivity index (χ1) is 9.75. The van der Waals surface area contributed by atoms with Gasteiger partial charge in [-0.2, -0.15) is 0 Å². The molecule has 20 heavy (non-hydrogen) atoms. The molecule has 4 nitrogen and oxygen atoms in total. The third kappa shape index (κ3) is 1.45. The number of benzene rings is 2. The largest absolute Gasteiger partial charge is 0.470 e. The van der Waals surface area contributed by atoms with Crippen LogP contribution < -0.4 is 15.0 Å². The molecule has 2 aromatic rings. The molecular formula is C16H14N2O2. The number of para-hydroxylation sites is 2. The SMILES string of the molecule is CC1Oc2ccccc2C2NC(=O)c3ccccc3N12. The fourth-order valence-electron chi connectivity index (χ4n) is 2.99. The standard InChI is InChI=1S/C16H14N2O2/c1-10-18-13-8-4-2-6-11(13)16(19)17-15(18)12-7-3-5-9-14(12)20-10/h2-10,15H,1H3,(H,17,19). The fourth-order valence-corrected chi connectivity index (χ4v) is 2.99. The zero-order valence-corrected chi connectivity index (χ0v) is 11.0. The van der Waals surface area contributed by atoms with E-state index in [1.807, 2.05) is 55.5 Å². The van der Waals surface area contributed by atoms with Gasteiger partial charge < -0.3 is 15.0 Å². The van der Waals surface area contributed by atoms with Gasteiger partial charge in [-0.05, 0) is 25.1 Å². The molecule has 2 aliphatic heterocycles. The molecule has 0 aliphatic carbocycles. The molecule has 100 valence electrons. The summed E-state index contributed by atoms with van der Waals surface area (Å²) in [4.78, 5) is 14.4. The predicted octanol–water partition coefficient (Wildman–Crippen LogP) is 2.67. The summed E-state index contributed by atoms with van der Waals surface area (Å²) in [7, 11) is 0. The Labute approximate surface area is 117 Å². The Hall–Kier alpha value is -2.49. The highest BCUT2D eigenvalue weighted by Crippen LogP contribution is 2.41. The maximum absolute atomic E-state index is 12.3. The predicted molar refractivity (Wildman–Crippen MR) is 75.7 cm³/mol. The number of nitrogens with one attached hydrogen (secondary N) is 1. The van der Waals surface area contributed by atoms with Crippen molar-refractivity contribution in [1.29, 1.82) is 0 Å². The molecule has 2 heterocycles. The number of ether oxygens (including phenoxy) is 1. The van der Waals surface area contributed by atoms with Gasteiger partial charge in [-0.15, -0.1) is 0 Å². The molecule has 0 saturated heterocycles. The lowest BCUT2D eigenvalue weighted by molar-refractivity contribution is 0.0887. The van der Waals surface area contributed by atoms with Gasteiger partial charge >= 0.3 is 0 Å². The van der Waals surface area contributed by atoms with Crippen molar-refractivity contribution in [3.8, 4) is 5.75 Å². The number of hydrogen-bond donors (Lipinski definition) is 1. The summed E-state index contributed by atoms with van der Waals surface area (Å²) >= 11 is 0. The maximum atomic E-state index is 12.3. The molecular weight excluding hydrogens is 252 g/mol. The Balaban J connectivity index is 1.91.